The molecule has 0 heterocycles. The Balaban J connectivity index is 3.37. The van der Waals surface area contributed by atoms with Gasteiger partial charge in [-0.25, -0.2) is 0 Å². The molecule has 0 unspecified atom stereocenters. The molecular weight excluding hydrogens is 296 g/mol. The number of hydrogen-bond donors (Lipinski definition) is 0. The van der Waals surface area contributed by atoms with E-state index in [2.05, 4.69) is 29.8 Å². The Morgan fingerprint density at radius 3 is 2.06 bits per heavy atom. The van der Waals surface area contributed by atoms with Crippen molar-refractivity contribution in [2.24, 2.45) is 0 Å². The fourth-order valence-corrected chi connectivity index (χ4v) is 3.00. The molecule has 1 aromatic carbocycles. The first-order valence-electron chi connectivity index (χ1n) is 5.87. The molecule has 0 saturated heterocycles. The maximum Gasteiger partial charge on any atom is 0.203 e. The van der Waals surface area contributed by atoms with Crippen molar-refractivity contribution in [3.05, 3.63) is 17.7 Å². The third kappa shape index (κ3) is 2.91. The second-order valence-corrected chi connectivity index (χ2v) is 5.50. The third-order valence-electron chi connectivity index (χ3n) is 3.15. The monoisotopic (exact) mass is 316 g/mol. The highest BCUT2D eigenvalue weighted by Gasteiger charge is 2.27. The van der Waals surface area contributed by atoms with Crippen LogP contribution >= 0.6 is 15.9 Å². The molecular formula is C14H21BrO3. The summed E-state index contributed by atoms with van der Waals surface area (Å²) in [6.07, 6.45) is 1.01. The van der Waals surface area contributed by atoms with E-state index in [1.54, 1.807) is 21.3 Å². The van der Waals surface area contributed by atoms with Crippen LogP contribution in [-0.4, -0.2) is 26.7 Å². The zero-order valence-electron chi connectivity index (χ0n) is 11.7. The minimum Gasteiger partial charge on any atom is -0.493 e. The predicted molar refractivity (Wildman–Crippen MR) is 77.5 cm³/mol. The zero-order valence-corrected chi connectivity index (χ0v) is 13.3. The summed E-state index contributed by atoms with van der Waals surface area (Å²) in [4.78, 5) is 0. The Morgan fingerprint density at radius 2 is 1.61 bits per heavy atom. The number of benzene rings is 1. The van der Waals surface area contributed by atoms with Crippen LogP contribution in [-0.2, 0) is 5.41 Å². The van der Waals surface area contributed by atoms with E-state index in [1.165, 1.54) is 0 Å². The van der Waals surface area contributed by atoms with Crippen molar-refractivity contribution in [3.8, 4) is 17.2 Å². The van der Waals surface area contributed by atoms with Crippen molar-refractivity contribution in [2.45, 2.75) is 25.7 Å². The molecule has 1 rings (SSSR count). The molecule has 0 amide bonds. The first-order valence-corrected chi connectivity index (χ1v) is 6.99. The van der Waals surface area contributed by atoms with Gasteiger partial charge in [0.05, 0.1) is 21.3 Å². The van der Waals surface area contributed by atoms with E-state index >= 15 is 0 Å². The SMILES string of the molecule is COc1ccc(C(C)(C)CCBr)c(OC)c1OC. The Labute approximate surface area is 118 Å². The molecule has 0 aliphatic rings. The molecule has 4 heteroatoms. The van der Waals surface area contributed by atoms with Crippen LogP contribution in [0.1, 0.15) is 25.8 Å². The Morgan fingerprint density at radius 1 is 1.00 bits per heavy atom. The summed E-state index contributed by atoms with van der Waals surface area (Å²) in [5, 5.41) is 0.942. The van der Waals surface area contributed by atoms with Gasteiger partial charge >= 0.3 is 0 Å². The van der Waals surface area contributed by atoms with E-state index in [0.29, 0.717) is 11.5 Å². The van der Waals surface area contributed by atoms with Gasteiger partial charge in [0.25, 0.3) is 0 Å². The third-order valence-corrected chi connectivity index (χ3v) is 3.55. The lowest BCUT2D eigenvalue weighted by molar-refractivity contribution is 0.316. The first kappa shape index (κ1) is 15.2. The highest BCUT2D eigenvalue weighted by molar-refractivity contribution is 9.09. The maximum atomic E-state index is 5.52. The quantitative estimate of drug-likeness (QED) is 0.748. The summed E-state index contributed by atoms with van der Waals surface area (Å²) < 4.78 is 16.2. The number of methoxy groups -OCH3 is 3. The summed E-state index contributed by atoms with van der Waals surface area (Å²) >= 11 is 3.50. The normalized spacial score (nSPS) is 11.2. The maximum absolute atomic E-state index is 5.52. The minimum absolute atomic E-state index is 0.00833. The molecule has 0 aliphatic heterocycles. The van der Waals surface area contributed by atoms with Gasteiger partial charge < -0.3 is 14.2 Å². The van der Waals surface area contributed by atoms with Crippen LogP contribution in [0.5, 0.6) is 17.2 Å². The molecule has 0 atom stereocenters. The lowest BCUT2D eigenvalue weighted by Gasteiger charge is -2.27. The number of hydrogen-bond acceptors (Lipinski definition) is 3. The van der Waals surface area contributed by atoms with Crippen molar-refractivity contribution in [1.82, 2.24) is 0 Å². The molecule has 0 bridgehead atoms. The van der Waals surface area contributed by atoms with Crippen LogP contribution in [0.25, 0.3) is 0 Å². The molecule has 3 nitrogen and oxygen atoms in total. The fraction of sp³-hybridized carbons (Fsp3) is 0.571. The van der Waals surface area contributed by atoms with Gasteiger partial charge in [0.1, 0.15) is 0 Å². The second kappa shape index (κ2) is 6.32. The lowest BCUT2D eigenvalue weighted by atomic mass is 9.81. The molecule has 0 fully saturated rings. The summed E-state index contributed by atoms with van der Waals surface area (Å²) in [7, 11) is 4.91. The van der Waals surface area contributed by atoms with Crippen LogP contribution < -0.4 is 14.2 Å². The summed E-state index contributed by atoms with van der Waals surface area (Å²) in [5.41, 5.74) is 1.14. The molecule has 18 heavy (non-hydrogen) atoms. The lowest BCUT2D eigenvalue weighted by Crippen LogP contribution is -2.19. The Bertz CT molecular complexity index is 402. The van der Waals surface area contributed by atoms with E-state index in [4.69, 9.17) is 14.2 Å². The molecule has 0 aromatic heterocycles. The molecule has 1 aromatic rings. The molecule has 0 spiro atoms. The topological polar surface area (TPSA) is 27.7 Å². The average Bonchev–Trinajstić information content (AvgIpc) is 2.36. The van der Waals surface area contributed by atoms with Crippen molar-refractivity contribution in [1.29, 1.82) is 0 Å². The van der Waals surface area contributed by atoms with Crippen molar-refractivity contribution >= 4 is 15.9 Å². The van der Waals surface area contributed by atoms with Gasteiger partial charge in [0.15, 0.2) is 11.5 Å². The van der Waals surface area contributed by atoms with Crippen LogP contribution in [0, 0.1) is 0 Å². The van der Waals surface area contributed by atoms with Gasteiger partial charge in [-0.3, -0.25) is 0 Å². The molecule has 0 saturated carbocycles. The van der Waals surface area contributed by atoms with Crippen LogP contribution in [0.15, 0.2) is 12.1 Å². The predicted octanol–water partition coefficient (Wildman–Crippen LogP) is 3.78. The van der Waals surface area contributed by atoms with Gasteiger partial charge in [0, 0.05) is 10.9 Å². The van der Waals surface area contributed by atoms with E-state index in [1.807, 2.05) is 12.1 Å². The standard InChI is InChI=1S/C14H21BrO3/c1-14(2,8-9-15)10-6-7-11(16-3)13(18-5)12(10)17-4/h6-7H,8-9H2,1-5H3. The highest BCUT2D eigenvalue weighted by Crippen LogP contribution is 2.45. The highest BCUT2D eigenvalue weighted by atomic mass is 79.9. The number of alkyl halides is 1. The van der Waals surface area contributed by atoms with Crippen molar-refractivity contribution in [3.63, 3.8) is 0 Å². The first-order chi connectivity index (χ1) is 8.51. The minimum atomic E-state index is 0.00833. The van der Waals surface area contributed by atoms with Gasteiger partial charge in [-0.2, -0.15) is 0 Å². The fourth-order valence-electron chi connectivity index (χ4n) is 2.01. The largest absolute Gasteiger partial charge is 0.493 e. The van der Waals surface area contributed by atoms with Gasteiger partial charge in [-0.1, -0.05) is 35.8 Å². The molecule has 102 valence electrons. The number of ether oxygens (including phenoxy) is 3. The zero-order chi connectivity index (χ0) is 13.8. The van der Waals surface area contributed by atoms with Crippen LogP contribution in [0.2, 0.25) is 0 Å². The van der Waals surface area contributed by atoms with E-state index < -0.39 is 0 Å². The number of halogens is 1. The smallest absolute Gasteiger partial charge is 0.203 e. The molecule has 0 N–H and O–H groups in total. The Hall–Kier alpha value is -0.900. The van der Waals surface area contributed by atoms with E-state index in [0.717, 1.165) is 23.1 Å². The number of rotatable bonds is 6. The Kier molecular flexibility index (Phi) is 5.32. The van der Waals surface area contributed by atoms with Gasteiger partial charge in [0.2, 0.25) is 5.75 Å². The summed E-state index contributed by atoms with van der Waals surface area (Å²) in [6, 6.07) is 3.97. The average molecular weight is 317 g/mol. The second-order valence-electron chi connectivity index (χ2n) is 4.70. The van der Waals surface area contributed by atoms with E-state index in [-0.39, 0.29) is 5.41 Å². The van der Waals surface area contributed by atoms with Crippen molar-refractivity contribution < 1.29 is 14.2 Å². The molecule has 0 radical (unpaired) electrons. The van der Waals surface area contributed by atoms with Crippen LogP contribution in [0.4, 0.5) is 0 Å². The van der Waals surface area contributed by atoms with Crippen molar-refractivity contribution in [2.75, 3.05) is 26.7 Å². The van der Waals surface area contributed by atoms with E-state index in [9.17, 15) is 0 Å². The summed E-state index contributed by atoms with van der Waals surface area (Å²) in [6.45, 7) is 4.38. The molecule has 0 aliphatic carbocycles. The van der Waals surface area contributed by atoms with Gasteiger partial charge in [-0.15, -0.1) is 0 Å². The van der Waals surface area contributed by atoms with Gasteiger partial charge in [-0.05, 0) is 17.9 Å². The summed E-state index contributed by atoms with van der Waals surface area (Å²) in [5.74, 6) is 2.09. The van der Waals surface area contributed by atoms with Crippen LogP contribution in [0.3, 0.4) is 0 Å².